The first-order valence-corrected chi connectivity index (χ1v) is 5.30. The molecule has 4 atom stereocenters. The molecule has 1 aromatic rings. The Balaban J connectivity index is 2.52. The molecule has 1 aromatic heterocycles. The highest BCUT2D eigenvalue weighted by Crippen LogP contribution is 2.29. The lowest BCUT2D eigenvalue weighted by molar-refractivity contribution is -0.0542. The van der Waals surface area contributed by atoms with Crippen LogP contribution in [0.5, 0.6) is 0 Å². The lowest BCUT2D eigenvalue weighted by Crippen LogP contribution is -2.40. The number of ether oxygens (including phenoxy) is 1. The van der Waals surface area contributed by atoms with Crippen LogP contribution in [0.15, 0.2) is 9.59 Å². The third-order valence-corrected chi connectivity index (χ3v) is 2.89. The lowest BCUT2D eigenvalue weighted by Gasteiger charge is -2.19. The van der Waals surface area contributed by atoms with Crippen molar-refractivity contribution in [2.24, 2.45) is 0 Å². The number of hydrogen-bond donors (Lipinski definition) is 5. The maximum Gasteiger partial charge on any atom is 0.332 e. The van der Waals surface area contributed by atoms with E-state index in [1.807, 2.05) is 0 Å². The highest BCUT2D eigenvalue weighted by molar-refractivity contribution is 5.29. The van der Waals surface area contributed by atoms with E-state index in [0.29, 0.717) is 4.57 Å². The summed E-state index contributed by atoms with van der Waals surface area (Å²) in [5, 5.41) is 28.2. The summed E-state index contributed by atoms with van der Waals surface area (Å²) in [7, 11) is 0. The van der Waals surface area contributed by atoms with Crippen molar-refractivity contribution in [3.63, 3.8) is 0 Å². The average molecular weight is 277 g/mol. The number of nitrogen functional groups attached to an aromatic ring is 1. The van der Waals surface area contributed by atoms with Gasteiger partial charge in [-0.3, -0.25) is 9.78 Å². The molecule has 1 saturated heterocycles. The molecule has 2 rings (SSSR count). The van der Waals surface area contributed by atoms with Gasteiger partial charge in [0.25, 0.3) is 5.56 Å². The van der Waals surface area contributed by atoms with E-state index in [1.54, 1.807) is 4.98 Å². The molecule has 4 unspecified atom stereocenters. The van der Waals surface area contributed by atoms with Gasteiger partial charge in [-0.2, -0.15) is 4.39 Å². The summed E-state index contributed by atoms with van der Waals surface area (Å²) < 4.78 is 18.8. The molecule has 0 radical (unpaired) electrons. The van der Waals surface area contributed by atoms with Crippen molar-refractivity contribution in [1.29, 1.82) is 0 Å². The predicted octanol–water partition coefficient (Wildman–Crippen LogP) is -3.13. The van der Waals surface area contributed by atoms with Gasteiger partial charge in [0.1, 0.15) is 18.3 Å². The second kappa shape index (κ2) is 4.74. The van der Waals surface area contributed by atoms with E-state index in [9.17, 15) is 24.2 Å². The second-order valence-corrected chi connectivity index (χ2v) is 4.06. The van der Waals surface area contributed by atoms with Gasteiger partial charge in [-0.05, 0) is 0 Å². The van der Waals surface area contributed by atoms with E-state index in [4.69, 9.17) is 15.6 Å². The Hall–Kier alpha value is -1.75. The van der Waals surface area contributed by atoms with E-state index in [-0.39, 0.29) is 0 Å². The van der Waals surface area contributed by atoms with E-state index in [2.05, 4.69) is 0 Å². The van der Waals surface area contributed by atoms with Gasteiger partial charge in [0.2, 0.25) is 5.82 Å². The number of hydrogen-bond acceptors (Lipinski definition) is 7. The predicted molar refractivity (Wildman–Crippen MR) is 58.7 cm³/mol. The van der Waals surface area contributed by atoms with Crippen molar-refractivity contribution in [3.05, 3.63) is 26.7 Å². The van der Waals surface area contributed by atoms with Crippen LogP contribution >= 0.6 is 0 Å². The number of nitrogens with one attached hydrogen (secondary N) is 1. The number of rotatable bonds is 2. The number of nitrogens with zero attached hydrogens (tertiary/aromatic N) is 1. The van der Waals surface area contributed by atoms with Gasteiger partial charge < -0.3 is 25.8 Å². The van der Waals surface area contributed by atoms with Crippen LogP contribution in [0.3, 0.4) is 0 Å². The molecule has 0 aliphatic carbocycles. The molecule has 1 aliphatic heterocycles. The van der Waals surface area contributed by atoms with E-state index < -0.39 is 54.0 Å². The van der Waals surface area contributed by atoms with Gasteiger partial charge >= 0.3 is 5.69 Å². The summed E-state index contributed by atoms with van der Waals surface area (Å²) in [5.41, 5.74) is 2.89. The Morgan fingerprint density at radius 1 is 1.37 bits per heavy atom. The normalized spacial score (nSPS) is 30.7. The van der Waals surface area contributed by atoms with Crippen molar-refractivity contribution in [3.8, 4) is 0 Å². The molecule has 9 nitrogen and oxygen atoms in total. The molecule has 19 heavy (non-hydrogen) atoms. The summed E-state index contributed by atoms with van der Waals surface area (Å²) in [6.07, 6.45) is -5.74. The van der Waals surface area contributed by atoms with Crippen LogP contribution < -0.4 is 17.0 Å². The van der Waals surface area contributed by atoms with Crippen molar-refractivity contribution < 1.29 is 24.4 Å². The number of halogens is 1. The fourth-order valence-electron chi connectivity index (χ4n) is 1.89. The molecular weight excluding hydrogens is 265 g/mol. The molecule has 10 heteroatoms. The zero-order chi connectivity index (χ0) is 14.3. The first-order chi connectivity index (χ1) is 8.88. The minimum Gasteiger partial charge on any atom is -0.394 e. The molecule has 0 saturated carbocycles. The number of aliphatic hydroxyl groups excluding tert-OH is 3. The molecule has 0 bridgehead atoms. The van der Waals surface area contributed by atoms with Crippen LogP contribution in [0.2, 0.25) is 0 Å². The number of nitrogens with two attached hydrogens (primary N) is 1. The van der Waals surface area contributed by atoms with Crippen LogP contribution in [0.4, 0.5) is 10.2 Å². The minimum absolute atomic E-state index is 0.473. The average Bonchev–Trinajstić information content (AvgIpc) is 2.64. The Labute approximate surface area is 104 Å². The SMILES string of the molecule is Nc1c(F)c(=O)[nH]c(=O)n1C1OC(CO)C(O)C1O. The fraction of sp³-hybridized carbons (Fsp3) is 0.556. The Morgan fingerprint density at radius 2 is 2.00 bits per heavy atom. The van der Waals surface area contributed by atoms with E-state index in [1.165, 1.54) is 0 Å². The molecule has 6 N–H and O–H groups in total. The van der Waals surface area contributed by atoms with Gasteiger partial charge in [0, 0.05) is 0 Å². The highest BCUT2D eigenvalue weighted by Gasteiger charge is 2.44. The zero-order valence-electron chi connectivity index (χ0n) is 9.49. The van der Waals surface area contributed by atoms with Gasteiger partial charge in [0.15, 0.2) is 12.0 Å². The van der Waals surface area contributed by atoms with Crippen LogP contribution in [0.1, 0.15) is 6.23 Å². The summed E-state index contributed by atoms with van der Waals surface area (Å²) >= 11 is 0. The maximum atomic E-state index is 13.4. The summed E-state index contributed by atoms with van der Waals surface area (Å²) in [6.45, 7) is -0.616. The number of anilines is 1. The summed E-state index contributed by atoms with van der Waals surface area (Å²) in [5.74, 6) is -2.24. The van der Waals surface area contributed by atoms with Gasteiger partial charge in [-0.25, -0.2) is 9.36 Å². The molecule has 0 amide bonds. The van der Waals surface area contributed by atoms with Crippen LogP contribution in [-0.4, -0.2) is 49.8 Å². The highest BCUT2D eigenvalue weighted by atomic mass is 19.1. The molecular formula is C9H12FN3O6. The number of aromatic amines is 1. The third-order valence-electron chi connectivity index (χ3n) is 2.89. The molecule has 0 aromatic carbocycles. The van der Waals surface area contributed by atoms with Crippen molar-refractivity contribution in [1.82, 2.24) is 9.55 Å². The smallest absolute Gasteiger partial charge is 0.332 e. The van der Waals surface area contributed by atoms with Crippen LogP contribution in [-0.2, 0) is 4.74 Å². The standard InChI is InChI=1S/C9H12FN3O6/c10-3-6(11)13(9(18)12-7(3)17)8-5(16)4(15)2(1-14)19-8/h2,4-5,8,14-16H,1,11H2,(H,12,17,18). The lowest BCUT2D eigenvalue weighted by atomic mass is 10.1. The Kier molecular flexibility index (Phi) is 3.41. The fourth-order valence-corrected chi connectivity index (χ4v) is 1.89. The van der Waals surface area contributed by atoms with Crippen molar-refractivity contribution in [2.45, 2.75) is 24.5 Å². The first-order valence-electron chi connectivity index (χ1n) is 5.30. The van der Waals surface area contributed by atoms with Gasteiger partial charge in [-0.1, -0.05) is 0 Å². The molecule has 0 spiro atoms. The largest absolute Gasteiger partial charge is 0.394 e. The Morgan fingerprint density at radius 3 is 2.53 bits per heavy atom. The number of H-pyrrole nitrogens is 1. The van der Waals surface area contributed by atoms with Gasteiger partial charge in [0.05, 0.1) is 6.61 Å². The van der Waals surface area contributed by atoms with Crippen molar-refractivity contribution >= 4 is 5.82 Å². The quantitative estimate of drug-likeness (QED) is 0.383. The van der Waals surface area contributed by atoms with E-state index >= 15 is 0 Å². The summed E-state index contributed by atoms with van der Waals surface area (Å²) in [6, 6.07) is 0. The summed E-state index contributed by atoms with van der Waals surface area (Å²) in [4.78, 5) is 24.2. The van der Waals surface area contributed by atoms with Gasteiger partial charge in [-0.15, -0.1) is 0 Å². The molecule has 1 fully saturated rings. The van der Waals surface area contributed by atoms with Crippen LogP contribution in [0.25, 0.3) is 0 Å². The van der Waals surface area contributed by atoms with Crippen molar-refractivity contribution in [2.75, 3.05) is 12.3 Å². The number of aromatic nitrogens is 2. The second-order valence-electron chi connectivity index (χ2n) is 4.06. The van der Waals surface area contributed by atoms with E-state index in [0.717, 1.165) is 0 Å². The first kappa shape index (κ1) is 13.7. The maximum absolute atomic E-state index is 13.4. The monoisotopic (exact) mass is 277 g/mol. The number of aliphatic hydroxyl groups is 3. The minimum atomic E-state index is -1.61. The Bertz CT molecular complexity index is 599. The topological polar surface area (TPSA) is 151 Å². The molecule has 2 heterocycles. The molecule has 1 aliphatic rings. The third kappa shape index (κ3) is 2.04. The zero-order valence-corrected chi connectivity index (χ0v) is 9.49. The van der Waals surface area contributed by atoms with Crippen LogP contribution in [0, 0.1) is 5.82 Å². The molecule has 106 valence electrons.